The number of esters is 2. The first-order chi connectivity index (χ1) is 19.9. The van der Waals surface area contributed by atoms with Crippen molar-refractivity contribution < 1.29 is 38.1 Å². The molecule has 1 aliphatic carbocycles. The van der Waals surface area contributed by atoms with Crippen molar-refractivity contribution in [2.24, 2.45) is 0 Å². The van der Waals surface area contributed by atoms with E-state index in [-0.39, 0.29) is 28.9 Å². The van der Waals surface area contributed by atoms with E-state index in [9.17, 15) is 19.2 Å². The number of carbonyl (C=O) groups excluding carboxylic acids is 4. The lowest BCUT2D eigenvalue weighted by Gasteiger charge is -2.19. The zero-order valence-corrected chi connectivity index (χ0v) is 24.0. The van der Waals surface area contributed by atoms with E-state index < -0.39 is 29.3 Å². The van der Waals surface area contributed by atoms with E-state index >= 15 is 0 Å². The Bertz CT molecular complexity index is 1300. The van der Waals surface area contributed by atoms with Gasteiger partial charge in [0.25, 0.3) is 0 Å². The Hall–Kier alpha value is -4.20. The molecule has 2 aromatic carbocycles. The molecule has 0 fully saturated rings. The van der Waals surface area contributed by atoms with Crippen LogP contribution < -0.4 is 9.47 Å². The number of unbranched alkanes of at least 4 members (excludes halogenated alkanes) is 8. The summed E-state index contributed by atoms with van der Waals surface area (Å²) in [4.78, 5) is 52.3. The van der Waals surface area contributed by atoms with Crippen molar-refractivity contribution in [3.05, 3.63) is 82.8 Å². The van der Waals surface area contributed by atoms with Crippen LogP contribution in [0.5, 0.6) is 11.5 Å². The molecule has 0 atom stereocenters. The molecule has 218 valence electrons. The Morgan fingerprint density at radius 2 is 1.20 bits per heavy atom. The summed E-state index contributed by atoms with van der Waals surface area (Å²) >= 11 is 0. The third-order valence-electron chi connectivity index (χ3n) is 6.80. The Morgan fingerprint density at radius 1 is 0.683 bits per heavy atom. The normalized spacial score (nSPS) is 13.1. The highest BCUT2D eigenvalue weighted by Gasteiger charge is 2.34. The molecule has 0 saturated heterocycles. The monoisotopic (exact) mass is 562 g/mol. The van der Waals surface area contributed by atoms with Crippen LogP contribution in [-0.2, 0) is 19.1 Å². The van der Waals surface area contributed by atoms with Crippen LogP contribution in [0.25, 0.3) is 0 Å². The molecule has 0 spiro atoms. The third-order valence-corrected chi connectivity index (χ3v) is 6.80. The van der Waals surface area contributed by atoms with E-state index in [2.05, 4.69) is 6.92 Å². The zero-order chi connectivity index (χ0) is 29.6. The second-order valence-electron chi connectivity index (χ2n) is 9.83. The van der Waals surface area contributed by atoms with E-state index in [1.54, 1.807) is 24.3 Å². The van der Waals surface area contributed by atoms with Crippen LogP contribution in [0, 0.1) is 0 Å². The second kappa shape index (κ2) is 16.2. The van der Waals surface area contributed by atoms with Crippen molar-refractivity contribution in [1.29, 1.82) is 0 Å². The van der Waals surface area contributed by atoms with Crippen LogP contribution in [0.3, 0.4) is 0 Å². The van der Waals surface area contributed by atoms with Crippen molar-refractivity contribution in [2.75, 3.05) is 14.2 Å². The van der Waals surface area contributed by atoms with Gasteiger partial charge in [-0.2, -0.15) is 0 Å². The number of benzene rings is 2. The van der Waals surface area contributed by atoms with Gasteiger partial charge in [-0.05, 0) is 49.2 Å². The number of allylic oxidation sites excluding steroid dienone is 2. The first kappa shape index (κ1) is 31.3. The van der Waals surface area contributed by atoms with Gasteiger partial charge < -0.3 is 18.9 Å². The van der Waals surface area contributed by atoms with Crippen LogP contribution in [-0.4, -0.2) is 37.7 Å². The fourth-order valence-corrected chi connectivity index (χ4v) is 4.49. The molecule has 1 aliphatic rings. The second-order valence-corrected chi connectivity index (χ2v) is 9.83. The first-order valence-corrected chi connectivity index (χ1v) is 14.1. The van der Waals surface area contributed by atoms with Gasteiger partial charge in [-0.15, -0.1) is 0 Å². The average Bonchev–Trinajstić information content (AvgIpc) is 2.99. The van der Waals surface area contributed by atoms with E-state index in [0.29, 0.717) is 17.9 Å². The van der Waals surface area contributed by atoms with Gasteiger partial charge in [0.1, 0.15) is 11.5 Å². The van der Waals surface area contributed by atoms with Gasteiger partial charge in [0.2, 0.25) is 11.6 Å². The molecule has 0 heterocycles. The number of ketones is 2. The molecule has 8 heteroatoms. The molecular weight excluding hydrogens is 524 g/mol. The summed E-state index contributed by atoms with van der Waals surface area (Å²) in [6, 6.07) is 12.6. The first-order valence-electron chi connectivity index (χ1n) is 14.1. The summed E-state index contributed by atoms with van der Waals surface area (Å²) in [7, 11) is 2.94. The van der Waals surface area contributed by atoms with E-state index in [1.807, 2.05) is 0 Å². The maximum absolute atomic E-state index is 13.5. The van der Waals surface area contributed by atoms with Crippen LogP contribution in [0.4, 0.5) is 0 Å². The molecule has 3 rings (SSSR count). The van der Waals surface area contributed by atoms with Crippen molar-refractivity contribution in [2.45, 2.75) is 71.1 Å². The average molecular weight is 563 g/mol. The van der Waals surface area contributed by atoms with Gasteiger partial charge >= 0.3 is 11.9 Å². The highest BCUT2D eigenvalue weighted by atomic mass is 16.6. The van der Waals surface area contributed by atoms with Crippen LogP contribution >= 0.6 is 0 Å². The summed E-state index contributed by atoms with van der Waals surface area (Å²) < 4.78 is 21.1. The smallest absolute Gasteiger partial charge is 0.343 e. The standard InChI is InChI=1S/C33H38O8/c1-4-5-6-7-8-9-10-11-12-19-27-30(35)29(40-32(36)23-15-13-17-25(20-23)38-2)22-28(34)31(27)41-33(37)24-16-14-18-26(21-24)39-3/h13-18,20-22H,4-12,19H2,1-3H3. The predicted molar refractivity (Wildman–Crippen MR) is 154 cm³/mol. The van der Waals surface area contributed by atoms with Crippen molar-refractivity contribution in [3.63, 3.8) is 0 Å². The molecule has 0 amide bonds. The minimum atomic E-state index is -0.810. The molecule has 41 heavy (non-hydrogen) atoms. The van der Waals surface area contributed by atoms with Gasteiger partial charge in [-0.3, -0.25) is 9.59 Å². The fourth-order valence-electron chi connectivity index (χ4n) is 4.49. The number of hydrogen-bond donors (Lipinski definition) is 0. The molecule has 0 aromatic heterocycles. The lowest BCUT2D eigenvalue weighted by molar-refractivity contribution is -0.119. The fraction of sp³-hybridized carbons (Fsp3) is 0.394. The summed E-state index contributed by atoms with van der Waals surface area (Å²) in [6.45, 7) is 2.19. The highest BCUT2D eigenvalue weighted by molar-refractivity contribution is 6.22. The molecule has 0 saturated carbocycles. The highest BCUT2D eigenvalue weighted by Crippen LogP contribution is 2.28. The minimum absolute atomic E-state index is 0.0186. The van der Waals surface area contributed by atoms with Gasteiger partial charge in [-0.1, -0.05) is 70.4 Å². The van der Waals surface area contributed by atoms with Crippen molar-refractivity contribution in [1.82, 2.24) is 0 Å². The number of hydrogen-bond acceptors (Lipinski definition) is 8. The molecule has 8 nitrogen and oxygen atoms in total. The lowest BCUT2D eigenvalue weighted by atomic mass is 9.94. The molecule has 2 aromatic rings. The van der Waals surface area contributed by atoms with E-state index in [4.69, 9.17) is 18.9 Å². The summed E-state index contributed by atoms with van der Waals surface area (Å²) in [5.41, 5.74) is 0.342. The summed E-state index contributed by atoms with van der Waals surface area (Å²) in [5.74, 6) is -2.85. The van der Waals surface area contributed by atoms with Gasteiger partial charge in [-0.25, -0.2) is 9.59 Å². The van der Waals surface area contributed by atoms with E-state index in [1.165, 1.54) is 64.2 Å². The Balaban J connectivity index is 1.75. The van der Waals surface area contributed by atoms with Crippen LogP contribution in [0.15, 0.2) is 71.7 Å². The maximum Gasteiger partial charge on any atom is 0.343 e. The van der Waals surface area contributed by atoms with Crippen LogP contribution in [0.1, 0.15) is 91.8 Å². The Morgan fingerprint density at radius 3 is 1.73 bits per heavy atom. The van der Waals surface area contributed by atoms with Crippen molar-refractivity contribution in [3.8, 4) is 11.5 Å². The molecule has 0 radical (unpaired) electrons. The largest absolute Gasteiger partial charge is 0.497 e. The van der Waals surface area contributed by atoms with E-state index in [0.717, 1.165) is 31.8 Å². The molecule has 0 unspecified atom stereocenters. The number of Topliss-reactive ketones (excluding diaryl/α,β-unsaturated/α-hetero) is 1. The number of rotatable bonds is 16. The zero-order valence-electron chi connectivity index (χ0n) is 24.0. The SMILES string of the molecule is CCCCCCCCCCCC1=C(OC(=O)c2cccc(OC)c2)C(=O)C=C(OC(=O)c2cccc(OC)c2)C1=O. The molecule has 0 N–H and O–H groups in total. The number of carbonyl (C=O) groups is 4. The van der Waals surface area contributed by atoms with Gasteiger partial charge in [0, 0.05) is 6.08 Å². The molecule has 0 aliphatic heterocycles. The van der Waals surface area contributed by atoms with Gasteiger partial charge in [0.05, 0.1) is 30.9 Å². The summed E-state index contributed by atoms with van der Waals surface area (Å²) in [6.07, 6.45) is 10.7. The summed E-state index contributed by atoms with van der Waals surface area (Å²) in [5, 5.41) is 0. The van der Waals surface area contributed by atoms with Crippen molar-refractivity contribution >= 4 is 23.5 Å². The minimum Gasteiger partial charge on any atom is -0.497 e. The lowest BCUT2D eigenvalue weighted by Crippen LogP contribution is -2.25. The maximum atomic E-state index is 13.5. The molecular formula is C33H38O8. The number of ether oxygens (including phenoxy) is 4. The topological polar surface area (TPSA) is 105 Å². The van der Waals surface area contributed by atoms with Gasteiger partial charge in [0.15, 0.2) is 11.5 Å². The Labute approximate surface area is 241 Å². The predicted octanol–water partition coefficient (Wildman–Crippen LogP) is 6.93. The Kier molecular flexibility index (Phi) is 12.3. The quantitative estimate of drug-likeness (QED) is 0.123. The third kappa shape index (κ3) is 9.17. The molecule has 0 bridgehead atoms. The van der Waals surface area contributed by atoms with Crippen LogP contribution in [0.2, 0.25) is 0 Å². The number of methoxy groups -OCH3 is 2.